The normalized spacial score (nSPS) is 13.7. The van der Waals surface area contributed by atoms with Crippen molar-refractivity contribution in [3.05, 3.63) is 106 Å². The topological polar surface area (TPSA) is 93.4 Å². The molecule has 0 saturated carbocycles. The predicted molar refractivity (Wildman–Crippen MR) is 182 cm³/mol. The number of amides is 1. The van der Waals surface area contributed by atoms with Gasteiger partial charge in [-0.3, -0.25) is 4.79 Å². The van der Waals surface area contributed by atoms with Crippen LogP contribution < -0.4 is 10.1 Å². The maximum absolute atomic E-state index is 15.9. The summed E-state index contributed by atoms with van der Waals surface area (Å²) < 4.78 is 24.1. The minimum Gasteiger partial charge on any atom is -0.489 e. The van der Waals surface area contributed by atoms with Crippen molar-refractivity contribution >= 4 is 46.3 Å². The van der Waals surface area contributed by atoms with Gasteiger partial charge in [-0.15, -0.1) is 0 Å². The summed E-state index contributed by atoms with van der Waals surface area (Å²) >= 11 is 8.01. The van der Waals surface area contributed by atoms with E-state index in [2.05, 4.69) is 9.88 Å². The number of halogens is 2. The van der Waals surface area contributed by atoms with E-state index in [1.54, 1.807) is 54.6 Å². The van der Waals surface area contributed by atoms with E-state index in [1.807, 2.05) is 43.8 Å². The lowest BCUT2D eigenvalue weighted by Gasteiger charge is -2.25. The molecule has 4 aromatic carbocycles. The number of imidazole rings is 1. The molecule has 2 N–H and O–H groups in total. The maximum Gasteiger partial charge on any atom is 0.335 e. The number of carboxylic acid groups (broad SMARTS) is 1. The number of nitrogens with one attached hydrogen (secondary N) is 1. The second-order valence-electron chi connectivity index (χ2n) is 11.6. The van der Waals surface area contributed by atoms with Crippen LogP contribution in [0.4, 0.5) is 4.39 Å². The number of carbonyl (C=O) groups is 2. The summed E-state index contributed by atoms with van der Waals surface area (Å²) in [6.07, 6.45) is 1.83. The number of hydrogen-bond acceptors (Lipinski definition) is 5. The standard InChI is InChI=1S/C36H33ClFN3O4S/c1-21(2)39-35(42)23-5-10-29(22-3-7-26(37)8-4-22)25(17-23)20-45-28-9-11-30(31(38)19-28)34-40-32-18-24(36(43)44)6-12-33(32)41(34)27-13-15-46-16-14-27/h3-12,17-19,21,27H,13-16,20H2,1-2H3,(H,39,42)(H,43,44). The largest absolute Gasteiger partial charge is 0.489 e. The van der Waals surface area contributed by atoms with Gasteiger partial charge in [-0.1, -0.05) is 29.8 Å². The van der Waals surface area contributed by atoms with Gasteiger partial charge in [0, 0.05) is 28.7 Å². The lowest BCUT2D eigenvalue weighted by molar-refractivity contribution is 0.0696. The molecule has 5 aromatic rings. The Bertz CT molecular complexity index is 1920. The highest BCUT2D eigenvalue weighted by molar-refractivity contribution is 7.99. The molecule has 6 rings (SSSR count). The van der Waals surface area contributed by atoms with Gasteiger partial charge in [0.05, 0.1) is 22.2 Å². The average Bonchev–Trinajstić information content (AvgIpc) is 3.42. The van der Waals surface area contributed by atoms with Crippen LogP contribution in [-0.4, -0.2) is 44.1 Å². The fourth-order valence-electron chi connectivity index (χ4n) is 5.77. The van der Waals surface area contributed by atoms with E-state index in [0.717, 1.165) is 46.6 Å². The predicted octanol–water partition coefficient (Wildman–Crippen LogP) is 8.65. The molecule has 1 amide bonds. The Morgan fingerprint density at radius 2 is 1.72 bits per heavy atom. The number of aromatic nitrogens is 2. The van der Waals surface area contributed by atoms with E-state index in [9.17, 15) is 14.7 Å². The molecule has 0 atom stereocenters. The third-order valence-electron chi connectivity index (χ3n) is 8.01. The van der Waals surface area contributed by atoms with Crippen molar-refractivity contribution in [2.24, 2.45) is 0 Å². The molecule has 1 saturated heterocycles. The van der Waals surface area contributed by atoms with Crippen LogP contribution in [0.15, 0.2) is 78.9 Å². The second-order valence-corrected chi connectivity index (χ2v) is 13.3. The van der Waals surface area contributed by atoms with Gasteiger partial charge in [0.1, 0.15) is 24.0 Å². The number of carbonyl (C=O) groups excluding carboxylic acids is 1. The zero-order chi connectivity index (χ0) is 32.4. The first kappa shape index (κ1) is 31.6. The summed E-state index contributed by atoms with van der Waals surface area (Å²) in [5, 5.41) is 13.1. The molecule has 2 heterocycles. The average molecular weight is 658 g/mol. The van der Waals surface area contributed by atoms with E-state index in [1.165, 1.54) is 6.07 Å². The maximum atomic E-state index is 15.9. The third kappa shape index (κ3) is 6.76. The molecule has 1 fully saturated rings. The second kappa shape index (κ2) is 13.6. The van der Waals surface area contributed by atoms with Gasteiger partial charge in [0.25, 0.3) is 5.91 Å². The summed E-state index contributed by atoms with van der Waals surface area (Å²) in [5.74, 6) is 1.04. The fourth-order valence-corrected chi connectivity index (χ4v) is 6.98. The Balaban J connectivity index is 1.32. The number of rotatable bonds is 9. The minimum absolute atomic E-state index is 0.0194. The van der Waals surface area contributed by atoms with Crippen LogP contribution in [0.1, 0.15) is 59.0 Å². The van der Waals surface area contributed by atoms with E-state index in [0.29, 0.717) is 33.2 Å². The molecule has 1 aromatic heterocycles. The number of nitrogens with zero attached hydrogens (tertiary/aromatic N) is 2. The molecule has 1 aliphatic rings. The van der Waals surface area contributed by atoms with Crippen LogP contribution >= 0.6 is 23.4 Å². The number of carboxylic acids is 1. The number of fused-ring (bicyclic) bond motifs is 1. The minimum atomic E-state index is -1.04. The molecule has 46 heavy (non-hydrogen) atoms. The molecule has 10 heteroatoms. The molecule has 0 spiro atoms. The van der Waals surface area contributed by atoms with Crippen LogP contribution in [-0.2, 0) is 6.61 Å². The summed E-state index contributed by atoms with van der Waals surface area (Å²) in [7, 11) is 0. The van der Waals surface area contributed by atoms with Crippen molar-refractivity contribution in [3.63, 3.8) is 0 Å². The van der Waals surface area contributed by atoms with Gasteiger partial charge in [-0.2, -0.15) is 11.8 Å². The van der Waals surface area contributed by atoms with Crippen LogP contribution in [0, 0.1) is 5.82 Å². The van der Waals surface area contributed by atoms with Crippen molar-refractivity contribution in [1.29, 1.82) is 0 Å². The Labute approximate surface area is 275 Å². The monoisotopic (exact) mass is 657 g/mol. The molecule has 0 bridgehead atoms. The van der Waals surface area contributed by atoms with E-state index < -0.39 is 11.8 Å². The lowest BCUT2D eigenvalue weighted by atomic mass is 9.97. The van der Waals surface area contributed by atoms with Gasteiger partial charge < -0.3 is 19.7 Å². The highest BCUT2D eigenvalue weighted by Gasteiger charge is 2.25. The molecule has 0 radical (unpaired) electrons. The zero-order valence-corrected chi connectivity index (χ0v) is 27.0. The van der Waals surface area contributed by atoms with Crippen molar-refractivity contribution in [2.75, 3.05) is 11.5 Å². The number of thioether (sulfide) groups is 1. The molecular formula is C36H33ClFN3O4S. The zero-order valence-electron chi connectivity index (χ0n) is 25.4. The number of benzene rings is 4. The molecule has 0 aliphatic carbocycles. The van der Waals surface area contributed by atoms with Gasteiger partial charge in [0.15, 0.2) is 0 Å². The van der Waals surface area contributed by atoms with Gasteiger partial charge in [0.2, 0.25) is 0 Å². The first-order chi connectivity index (χ1) is 22.2. The van der Waals surface area contributed by atoms with Crippen molar-refractivity contribution in [3.8, 4) is 28.3 Å². The van der Waals surface area contributed by atoms with Gasteiger partial charge >= 0.3 is 5.97 Å². The Hall–Kier alpha value is -4.34. The van der Waals surface area contributed by atoms with Gasteiger partial charge in [-0.25, -0.2) is 14.2 Å². The summed E-state index contributed by atoms with van der Waals surface area (Å²) in [6, 6.07) is 22.5. The molecule has 236 valence electrons. The van der Waals surface area contributed by atoms with E-state index in [-0.39, 0.29) is 30.2 Å². The van der Waals surface area contributed by atoms with Crippen LogP contribution in [0.5, 0.6) is 5.75 Å². The molecule has 7 nitrogen and oxygen atoms in total. The van der Waals surface area contributed by atoms with E-state index >= 15 is 4.39 Å². The fraction of sp³-hybridized carbons (Fsp3) is 0.250. The summed E-state index contributed by atoms with van der Waals surface area (Å²) in [6.45, 7) is 3.90. The molecular weight excluding hydrogens is 625 g/mol. The number of hydrogen-bond donors (Lipinski definition) is 2. The summed E-state index contributed by atoms with van der Waals surface area (Å²) in [5.41, 5.74) is 4.79. The van der Waals surface area contributed by atoms with Crippen LogP contribution in [0.25, 0.3) is 33.5 Å². The molecule has 1 aliphatic heterocycles. The lowest BCUT2D eigenvalue weighted by Crippen LogP contribution is -2.30. The van der Waals surface area contributed by atoms with Crippen LogP contribution in [0.2, 0.25) is 5.02 Å². The Morgan fingerprint density at radius 3 is 2.41 bits per heavy atom. The van der Waals surface area contributed by atoms with E-state index in [4.69, 9.17) is 21.3 Å². The van der Waals surface area contributed by atoms with Crippen molar-refractivity contribution in [1.82, 2.24) is 14.9 Å². The third-order valence-corrected chi connectivity index (χ3v) is 9.31. The highest BCUT2D eigenvalue weighted by Crippen LogP contribution is 2.37. The smallest absolute Gasteiger partial charge is 0.335 e. The Morgan fingerprint density at radius 1 is 1.00 bits per heavy atom. The first-order valence-electron chi connectivity index (χ1n) is 15.1. The number of ether oxygens (including phenoxy) is 1. The Kier molecular flexibility index (Phi) is 9.33. The first-order valence-corrected chi connectivity index (χ1v) is 16.7. The van der Waals surface area contributed by atoms with Crippen LogP contribution in [0.3, 0.4) is 0 Å². The van der Waals surface area contributed by atoms with Gasteiger partial charge in [-0.05, 0) is 109 Å². The van der Waals surface area contributed by atoms with Crippen molar-refractivity contribution in [2.45, 2.75) is 45.4 Å². The van der Waals surface area contributed by atoms with Crippen molar-refractivity contribution < 1.29 is 23.8 Å². The highest BCUT2D eigenvalue weighted by atomic mass is 35.5. The molecule has 0 unspecified atom stereocenters. The summed E-state index contributed by atoms with van der Waals surface area (Å²) in [4.78, 5) is 29.2. The number of aromatic carboxylic acids is 1. The SMILES string of the molecule is CC(C)NC(=O)c1ccc(-c2ccc(Cl)cc2)c(COc2ccc(-c3nc4cc(C(=O)O)ccc4n3C3CCSCC3)c(F)c2)c1. The quantitative estimate of drug-likeness (QED) is 0.165.